The smallest absolute Gasteiger partial charge is 0.283 e. The highest BCUT2D eigenvalue weighted by Crippen LogP contribution is 2.13. The van der Waals surface area contributed by atoms with Gasteiger partial charge in [-0.3, -0.25) is 9.98 Å². The maximum absolute atomic E-state index is 5.70. The van der Waals surface area contributed by atoms with E-state index in [2.05, 4.69) is 39.6 Å². The van der Waals surface area contributed by atoms with E-state index in [1.165, 1.54) is 24.0 Å². The molecule has 3 heterocycles. The molecule has 2 atom stereocenters. The van der Waals surface area contributed by atoms with E-state index in [-0.39, 0.29) is 0 Å². The summed E-state index contributed by atoms with van der Waals surface area (Å²) in [7, 11) is 0. The second-order valence-electron chi connectivity index (χ2n) is 6.45. The fourth-order valence-corrected chi connectivity index (χ4v) is 3.50. The molecule has 5 heteroatoms. The summed E-state index contributed by atoms with van der Waals surface area (Å²) < 4.78 is 11.4. The quantitative estimate of drug-likeness (QED) is 0.621. The monoisotopic (exact) mass is 315 g/mol. The summed E-state index contributed by atoms with van der Waals surface area (Å²) >= 11 is 0. The van der Waals surface area contributed by atoms with Gasteiger partial charge in [0.1, 0.15) is 13.1 Å². The lowest BCUT2D eigenvalue weighted by Crippen LogP contribution is -2.82. The second kappa shape index (κ2) is 6.81. The zero-order valence-corrected chi connectivity index (χ0v) is 13.4. The Labute approximate surface area is 136 Å². The van der Waals surface area contributed by atoms with Gasteiger partial charge in [-0.25, -0.2) is 5.32 Å². The maximum Gasteiger partial charge on any atom is 0.283 e. The molecule has 0 unspecified atom stereocenters. The van der Waals surface area contributed by atoms with Crippen LogP contribution in [0.5, 0.6) is 0 Å². The van der Waals surface area contributed by atoms with E-state index in [9.17, 15) is 0 Å². The van der Waals surface area contributed by atoms with Crippen LogP contribution in [-0.4, -0.2) is 50.2 Å². The third-order valence-corrected chi connectivity index (χ3v) is 4.78. The SMILES string of the molecule is c1ccc2c(c1)C(=[NH+]C[C@H]1CCCO1)NC2=[NH+]C[C@@H]1CCCO1. The van der Waals surface area contributed by atoms with Gasteiger partial charge in [0.05, 0.1) is 23.3 Å². The fourth-order valence-electron chi connectivity index (χ4n) is 3.50. The van der Waals surface area contributed by atoms with Crippen molar-refractivity contribution in [3.8, 4) is 0 Å². The first-order chi connectivity index (χ1) is 11.4. The van der Waals surface area contributed by atoms with E-state index in [1.54, 1.807) is 0 Å². The Hall–Kier alpha value is -1.72. The Kier molecular flexibility index (Phi) is 4.39. The number of hydrogen-bond acceptors (Lipinski definition) is 2. The van der Waals surface area contributed by atoms with Crippen molar-refractivity contribution in [3.63, 3.8) is 0 Å². The summed E-state index contributed by atoms with van der Waals surface area (Å²) in [6.45, 7) is 3.50. The summed E-state index contributed by atoms with van der Waals surface area (Å²) in [5.74, 6) is 2.15. The summed E-state index contributed by atoms with van der Waals surface area (Å²) in [5.41, 5.74) is 2.45. The Morgan fingerprint density at radius 1 is 0.870 bits per heavy atom. The molecule has 4 rings (SSSR count). The first-order valence-electron chi connectivity index (χ1n) is 8.72. The van der Waals surface area contributed by atoms with Gasteiger partial charge in [0.2, 0.25) is 0 Å². The largest absolute Gasteiger partial charge is 0.374 e. The summed E-state index contributed by atoms with van der Waals surface area (Å²) in [6, 6.07) is 8.47. The van der Waals surface area contributed by atoms with Gasteiger partial charge in [-0.05, 0) is 37.8 Å². The highest BCUT2D eigenvalue weighted by molar-refractivity contribution is 6.21. The molecule has 0 spiro atoms. The van der Waals surface area contributed by atoms with Crippen molar-refractivity contribution in [2.45, 2.75) is 37.9 Å². The minimum absolute atomic E-state index is 0.334. The predicted molar refractivity (Wildman–Crippen MR) is 87.4 cm³/mol. The van der Waals surface area contributed by atoms with E-state index >= 15 is 0 Å². The molecule has 1 aromatic carbocycles. The highest BCUT2D eigenvalue weighted by atomic mass is 16.5. The number of nitrogens with one attached hydrogen (secondary N) is 3. The zero-order valence-electron chi connectivity index (χ0n) is 13.4. The number of fused-ring (bicyclic) bond motifs is 1. The summed E-state index contributed by atoms with van der Waals surface area (Å²) in [5, 5.41) is 3.50. The number of amidine groups is 2. The molecule has 122 valence electrons. The van der Waals surface area contributed by atoms with Crippen LogP contribution in [0.4, 0.5) is 0 Å². The first-order valence-corrected chi connectivity index (χ1v) is 8.72. The Morgan fingerprint density at radius 2 is 1.39 bits per heavy atom. The van der Waals surface area contributed by atoms with Gasteiger partial charge in [-0.1, -0.05) is 12.1 Å². The fraction of sp³-hybridized carbons (Fsp3) is 0.556. The molecular weight excluding hydrogens is 290 g/mol. The molecule has 0 bridgehead atoms. The van der Waals surface area contributed by atoms with Crippen LogP contribution < -0.4 is 15.3 Å². The second-order valence-corrected chi connectivity index (χ2v) is 6.45. The molecule has 0 aliphatic carbocycles. The number of ether oxygens (including phenoxy) is 2. The van der Waals surface area contributed by atoms with E-state index in [4.69, 9.17) is 9.47 Å². The molecule has 5 nitrogen and oxygen atoms in total. The van der Waals surface area contributed by atoms with Gasteiger partial charge in [0.25, 0.3) is 11.7 Å². The van der Waals surface area contributed by atoms with Crippen LogP contribution in [0.1, 0.15) is 36.8 Å². The van der Waals surface area contributed by atoms with E-state index < -0.39 is 0 Å². The van der Waals surface area contributed by atoms with Crippen molar-refractivity contribution in [1.29, 1.82) is 0 Å². The van der Waals surface area contributed by atoms with E-state index in [1.807, 2.05) is 0 Å². The first kappa shape index (κ1) is 14.8. The van der Waals surface area contributed by atoms with E-state index in [0.29, 0.717) is 12.2 Å². The van der Waals surface area contributed by atoms with Gasteiger partial charge in [-0.2, -0.15) is 0 Å². The lowest BCUT2D eigenvalue weighted by molar-refractivity contribution is -0.475. The molecule has 2 saturated heterocycles. The van der Waals surface area contributed by atoms with Crippen LogP contribution in [0.25, 0.3) is 0 Å². The van der Waals surface area contributed by atoms with Crippen molar-refractivity contribution in [2.24, 2.45) is 0 Å². The third kappa shape index (κ3) is 3.31. The standard InChI is InChI=1S/C18H23N3O2/c1-2-8-16-15(7-1)17(19-11-13-5-3-9-22-13)21-18(16)20-12-14-6-4-10-23-14/h1-2,7-8,13-14H,3-6,9-12H2,(H,19,20,21)/p+2/t13-,14+. The lowest BCUT2D eigenvalue weighted by atomic mass is 10.1. The maximum atomic E-state index is 5.70. The van der Waals surface area contributed by atoms with Crippen LogP contribution >= 0.6 is 0 Å². The van der Waals surface area contributed by atoms with Gasteiger partial charge in [0.15, 0.2) is 0 Å². The summed E-state index contributed by atoms with van der Waals surface area (Å²) in [6.07, 6.45) is 5.31. The molecule has 1 aromatic rings. The molecule has 0 radical (unpaired) electrons. The normalized spacial score (nSPS) is 30.1. The highest BCUT2D eigenvalue weighted by Gasteiger charge is 2.32. The molecule has 3 aliphatic rings. The predicted octanol–water partition coefficient (Wildman–Crippen LogP) is -1.70. The average Bonchev–Trinajstić information content (AvgIpc) is 3.32. The topological polar surface area (TPSA) is 58.4 Å². The molecule has 0 amide bonds. The lowest BCUT2D eigenvalue weighted by Gasteiger charge is -2.03. The molecule has 23 heavy (non-hydrogen) atoms. The average molecular weight is 315 g/mol. The van der Waals surface area contributed by atoms with Crippen molar-refractivity contribution < 1.29 is 19.5 Å². The van der Waals surface area contributed by atoms with Crippen LogP contribution in [-0.2, 0) is 9.47 Å². The van der Waals surface area contributed by atoms with Crippen LogP contribution in [0.15, 0.2) is 24.3 Å². The Balaban J connectivity index is 1.51. The molecule has 0 saturated carbocycles. The van der Waals surface area contributed by atoms with Crippen LogP contribution in [0, 0.1) is 0 Å². The minimum Gasteiger partial charge on any atom is -0.374 e. The van der Waals surface area contributed by atoms with Gasteiger partial charge in [0, 0.05) is 13.2 Å². The molecule has 3 N–H and O–H groups in total. The zero-order chi connectivity index (χ0) is 15.5. The van der Waals surface area contributed by atoms with Gasteiger partial charge >= 0.3 is 0 Å². The summed E-state index contributed by atoms with van der Waals surface area (Å²) in [4.78, 5) is 7.05. The number of benzene rings is 1. The van der Waals surface area contributed by atoms with Crippen molar-refractivity contribution in [3.05, 3.63) is 35.4 Å². The van der Waals surface area contributed by atoms with Gasteiger partial charge in [-0.15, -0.1) is 0 Å². The molecule has 3 aliphatic heterocycles. The van der Waals surface area contributed by atoms with Crippen LogP contribution in [0.3, 0.4) is 0 Å². The van der Waals surface area contributed by atoms with Gasteiger partial charge < -0.3 is 9.47 Å². The third-order valence-electron chi connectivity index (χ3n) is 4.78. The Morgan fingerprint density at radius 3 is 1.83 bits per heavy atom. The number of hydrogen-bond donors (Lipinski definition) is 3. The van der Waals surface area contributed by atoms with Crippen molar-refractivity contribution in [2.75, 3.05) is 26.3 Å². The van der Waals surface area contributed by atoms with Crippen molar-refractivity contribution >= 4 is 11.7 Å². The number of rotatable bonds is 4. The Bertz CT molecular complexity index is 561. The minimum atomic E-state index is 0.334. The molecule has 2 fully saturated rings. The molecular formula is C18H25N3O2+2. The van der Waals surface area contributed by atoms with E-state index in [0.717, 1.165) is 50.8 Å². The van der Waals surface area contributed by atoms with Crippen molar-refractivity contribution in [1.82, 2.24) is 5.32 Å². The molecule has 0 aromatic heterocycles. The van der Waals surface area contributed by atoms with Crippen LogP contribution in [0.2, 0.25) is 0 Å².